The van der Waals surface area contributed by atoms with Crippen molar-refractivity contribution in [3.8, 4) is 0 Å². The van der Waals surface area contributed by atoms with Crippen molar-refractivity contribution >= 4 is 11.8 Å². The molecule has 7 heteroatoms. The molecule has 6 aliphatic rings. The van der Waals surface area contributed by atoms with E-state index in [1.165, 1.54) is 6.92 Å². The van der Waals surface area contributed by atoms with Crippen LogP contribution in [0.1, 0.15) is 100 Å². The van der Waals surface area contributed by atoms with E-state index in [2.05, 4.69) is 41.5 Å². The lowest BCUT2D eigenvalue weighted by atomic mass is 9.45. The van der Waals surface area contributed by atoms with Crippen LogP contribution in [0, 0.1) is 40.4 Å². The smallest absolute Gasteiger partial charge is 0.302 e. The summed E-state index contributed by atoms with van der Waals surface area (Å²) in [7, 11) is 0. The number of fused-ring (bicyclic) bond motifs is 7. The fourth-order valence-corrected chi connectivity index (χ4v) is 10.5. The number of ether oxygens (including phenoxy) is 4. The first-order valence-electron chi connectivity index (χ1n) is 15.2. The van der Waals surface area contributed by atoms with Gasteiger partial charge in [0.1, 0.15) is 11.7 Å². The molecule has 4 aliphatic carbocycles. The molecule has 6 rings (SSSR count). The maximum atomic E-state index is 12.6. The van der Waals surface area contributed by atoms with Crippen LogP contribution in [0.4, 0.5) is 0 Å². The van der Waals surface area contributed by atoms with Crippen molar-refractivity contribution in [1.82, 2.24) is 0 Å². The van der Waals surface area contributed by atoms with Gasteiger partial charge in [-0.2, -0.15) is 0 Å². The summed E-state index contributed by atoms with van der Waals surface area (Å²) in [5.41, 5.74) is -0.191. The lowest BCUT2D eigenvalue weighted by molar-refractivity contribution is -0.385. The van der Waals surface area contributed by atoms with Crippen molar-refractivity contribution in [3.63, 3.8) is 0 Å². The molecule has 3 saturated carbocycles. The van der Waals surface area contributed by atoms with Gasteiger partial charge in [-0.05, 0) is 94.0 Å². The molecule has 0 radical (unpaired) electrons. The van der Waals surface area contributed by atoms with Crippen molar-refractivity contribution in [3.05, 3.63) is 11.6 Å². The third kappa shape index (κ3) is 3.89. The molecule has 0 aromatic rings. The third-order valence-electron chi connectivity index (χ3n) is 12.7. The number of carbonyl (C=O) groups is 2. The maximum absolute atomic E-state index is 12.6. The molecule has 39 heavy (non-hydrogen) atoms. The standard InChI is InChI=1S/C32H48O7/c1-17(25-16-30(6)28(3,4)38-32(8,37-25)39-30)21-9-10-22-27-23(11-12-29(21,22)5)31(7)19(14-24(27)35)13-20(34)15-26(31)36-18(2)33/h13,17,21-27,35H,9-12,14-16H2,1-8H3/t17-,21+,22-,23-,24+,25+,26-,27-,29+,30+,31-,32-/m0/s1. The highest BCUT2D eigenvalue weighted by atomic mass is 16.9. The molecule has 2 heterocycles. The van der Waals surface area contributed by atoms with Crippen molar-refractivity contribution in [2.75, 3.05) is 0 Å². The minimum absolute atomic E-state index is 0.00486. The number of aliphatic hydroxyl groups excluding tert-OH is 1. The second-order valence-electron chi connectivity index (χ2n) is 15.0. The minimum atomic E-state index is -1.02. The van der Waals surface area contributed by atoms with Crippen LogP contribution in [0.15, 0.2) is 11.6 Å². The van der Waals surface area contributed by atoms with Crippen molar-refractivity contribution < 1.29 is 33.6 Å². The molecular weight excluding hydrogens is 496 g/mol. The van der Waals surface area contributed by atoms with Crippen LogP contribution in [0.2, 0.25) is 0 Å². The largest absolute Gasteiger partial charge is 0.461 e. The van der Waals surface area contributed by atoms with Crippen LogP contribution < -0.4 is 0 Å². The summed E-state index contributed by atoms with van der Waals surface area (Å²) in [5, 5.41) is 11.6. The molecular formula is C32H48O7. The predicted octanol–water partition coefficient (Wildman–Crippen LogP) is 5.33. The molecule has 2 bridgehead atoms. The van der Waals surface area contributed by atoms with Crippen LogP contribution in [0.25, 0.3) is 0 Å². The number of hydrogen-bond acceptors (Lipinski definition) is 7. The number of esters is 1. The summed E-state index contributed by atoms with van der Waals surface area (Å²) in [4.78, 5) is 24.6. The Kier molecular flexibility index (Phi) is 6.16. The molecule has 0 unspecified atom stereocenters. The van der Waals surface area contributed by atoms with E-state index in [4.69, 9.17) is 18.9 Å². The number of ketones is 1. The molecule has 0 aromatic carbocycles. The number of rotatable bonds is 3. The Bertz CT molecular complexity index is 1090. The van der Waals surface area contributed by atoms with E-state index in [9.17, 15) is 14.7 Å². The lowest BCUT2D eigenvalue weighted by Crippen LogP contribution is -2.60. The van der Waals surface area contributed by atoms with Crippen LogP contribution >= 0.6 is 0 Å². The second-order valence-corrected chi connectivity index (χ2v) is 15.0. The fourth-order valence-electron chi connectivity index (χ4n) is 10.5. The summed E-state index contributed by atoms with van der Waals surface area (Å²) in [6.07, 6.45) is 6.56. The van der Waals surface area contributed by atoms with Gasteiger partial charge in [0.2, 0.25) is 0 Å². The van der Waals surface area contributed by atoms with Gasteiger partial charge in [0.05, 0.1) is 17.8 Å². The van der Waals surface area contributed by atoms with Crippen LogP contribution in [-0.2, 0) is 28.5 Å². The first kappa shape index (κ1) is 27.9. The summed E-state index contributed by atoms with van der Waals surface area (Å²) in [6, 6.07) is 0. The number of carbonyl (C=O) groups excluding carboxylic acids is 2. The van der Waals surface area contributed by atoms with E-state index in [0.717, 1.165) is 37.7 Å². The Hall–Kier alpha value is -1.28. The Morgan fingerprint density at radius 2 is 1.77 bits per heavy atom. The van der Waals surface area contributed by atoms with E-state index in [0.29, 0.717) is 24.2 Å². The van der Waals surface area contributed by atoms with E-state index < -0.39 is 34.8 Å². The molecule has 2 saturated heterocycles. The van der Waals surface area contributed by atoms with Crippen LogP contribution in [0.5, 0.6) is 0 Å². The van der Waals surface area contributed by atoms with Crippen LogP contribution in [0.3, 0.4) is 0 Å². The zero-order valence-electron chi connectivity index (χ0n) is 25.0. The van der Waals surface area contributed by atoms with E-state index in [1.807, 2.05) is 6.92 Å². The molecule has 7 nitrogen and oxygen atoms in total. The van der Waals surface area contributed by atoms with Gasteiger partial charge < -0.3 is 24.1 Å². The van der Waals surface area contributed by atoms with Gasteiger partial charge in [-0.1, -0.05) is 26.3 Å². The van der Waals surface area contributed by atoms with Gasteiger partial charge in [0, 0.05) is 32.1 Å². The number of aliphatic hydroxyl groups is 1. The van der Waals surface area contributed by atoms with Gasteiger partial charge in [0.25, 0.3) is 5.97 Å². The Morgan fingerprint density at radius 3 is 2.44 bits per heavy atom. The molecule has 12 atom stereocenters. The molecule has 0 spiro atoms. The average Bonchev–Trinajstić information content (AvgIpc) is 3.21. The highest BCUT2D eigenvalue weighted by Crippen LogP contribution is 2.68. The monoisotopic (exact) mass is 544 g/mol. The normalized spacial score (nSPS) is 52.8. The van der Waals surface area contributed by atoms with Gasteiger partial charge in [0.15, 0.2) is 5.78 Å². The highest BCUT2D eigenvalue weighted by Gasteiger charge is 2.67. The SMILES string of the molecule is CC(=O)O[C@H]1CC(=O)C=C2C[C@@H](O)[C@H]3[C@@H]4CC[C@H]([C@H](C)[C@H]5C[C@@]6(C)O[C@@](C)(O5)OC6(C)C)[C@@]4(C)CC[C@@H]3[C@]21C. The van der Waals surface area contributed by atoms with Crippen LogP contribution in [-0.4, -0.2) is 52.3 Å². The molecule has 1 N–H and O–H groups in total. The molecule has 0 aromatic heterocycles. The quantitative estimate of drug-likeness (QED) is 0.480. The topological polar surface area (TPSA) is 91.3 Å². The first-order valence-corrected chi connectivity index (χ1v) is 15.2. The predicted molar refractivity (Wildman–Crippen MR) is 144 cm³/mol. The Balaban J connectivity index is 1.28. The number of hydrogen-bond donors (Lipinski definition) is 1. The van der Waals surface area contributed by atoms with Crippen molar-refractivity contribution in [2.24, 2.45) is 40.4 Å². The minimum Gasteiger partial charge on any atom is -0.461 e. The van der Waals surface area contributed by atoms with Crippen molar-refractivity contribution in [1.29, 1.82) is 0 Å². The first-order chi connectivity index (χ1) is 18.0. The van der Waals surface area contributed by atoms with Gasteiger partial charge >= 0.3 is 5.97 Å². The molecule has 0 amide bonds. The molecule has 5 fully saturated rings. The summed E-state index contributed by atoms with van der Waals surface area (Å²) < 4.78 is 25.0. The third-order valence-corrected chi connectivity index (χ3v) is 12.7. The summed E-state index contributed by atoms with van der Waals surface area (Å²) >= 11 is 0. The molecule has 2 aliphatic heterocycles. The highest BCUT2D eigenvalue weighted by molar-refractivity contribution is 5.92. The zero-order valence-corrected chi connectivity index (χ0v) is 25.0. The van der Waals surface area contributed by atoms with E-state index >= 15 is 0 Å². The van der Waals surface area contributed by atoms with E-state index in [1.54, 1.807) is 6.08 Å². The van der Waals surface area contributed by atoms with Gasteiger partial charge in [-0.3, -0.25) is 9.59 Å². The van der Waals surface area contributed by atoms with Crippen molar-refractivity contribution in [2.45, 2.75) is 136 Å². The second kappa shape index (κ2) is 8.62. The van der Waals surface area contributed by atoms with Gasteiger partial charge in [-0.25, -0.2) is 0 Å². The summed E-state index contributed by atoms with van der Waals surface area (Å²) in [5.74, 6) is 0.108. The zero-order chi connectivity index (χ0) is 28.3. The van der Waals surface area contributed by atoms with E-state index in [-0.39, 0.29) is 41.5 Å². The average molecular weight is 545 g/mol. The fraction of sp³-hybridized carbons (Fsp3) is 0.875. The Morgan fingerprint density at radius 1 is 1.05 bits per heavy atom. The maximum Gasteiger partial charge on any atom is 0.302 e. The van der Waals surface area contributed by atoms with Gasteiger partial charge in [-0.15, -0.1) is 0 Å². The molecule has 218 valence electrons. The lowest BCUT2D eigenvalue weighted by Gasteiger charge is -2.61. The Labute approximate surface area is 233 Å². The summed E-state index contributed by atoms with van der Waals surface area (Å²) in [6.45, 7) is 16.7.